The standard InChI is InChI=1S/C13H15F2N3OS2/c1-13(2,3)12-18-17-8(21-12)6-16-11(19)7-4-5-20-9(7)10(14)15/h4-5,10H,6H2,1-3H3,(H,16,19). The van der Waals surface area contributed by atoms with Gasteiger partial charge in [0.2, 0.25) is 0 Å². The Balaban J connectivity index is 2.01. The van der Waals surface area contributed by atoms with Crippen LogP contribution in [0.5, 0.6) is 0 Å². The molecule has 0 fully saturated rings. The van der Waals surface area contributed by atoms with E-state index in [0.717, 1.165) is 16.3 Å². The van der Waals surface area contributed by atoms with Gasteiger partial charge in [0.1, 0.15) is 10.0 Å². The van der Waals surface area contributed by atoms with Gasteiger partial charge < -0.3 is 5.32 Å². The Kier molecular flexibility index (Phi) is 4.67. The van der Waals surface area contributed by atoms with Crippen molar-refractivity contribution >= 4 is 28.6 Å². The lowest BCUT2D eigenvalue weighted by atomic mass is 9.98. The zero-order valence-corrected chi connectivity index (χ0v) is 13.4. The highest BCUT2D eigenvalue weighted by atomic mass is 32.1. The van der Waals surface area contributed by atoms with Crippen LogP contribution in [-0.2, 0) is 12.0 Å². The Bertz CT molecular complexity index is 631. The molecule has 0 saturated heterocycles. The fourth-order valence-electron chi connectivity index (χ4n) is 1.56. The van der Waals surface area contributed by atoms with Gasteiger partial charge in [-0.2, -0.15) is 0 Å². The first kappa shape index (κ1) is 16.0. The molecule has 2 rings (SSSR count). The minimum atomic E-state index is -2.64. The zero-order valence-electron chi connectivity index (χ0n) is 11.8. The van der Waals surface area contributed by atoms with Crippen molar-refractivity contribution in [2.75, 3.05) is 0 Å². The predicted molar refractivity (Wildman–Crippen MR) is 79.1 cm³/mol. The number of rotatable bonds is 4. The van der Waals surface area contributed by atoms with Crippen LogP contribution in [0.15, 0.2) is 11.4 Å². The summed E-state index contributed by atoms with van der Waals surface area (Å²) in [5.74, 6) is -0.515. The molecule has 8 heteroatoms. The maximum absolute atomic E-state index is 12.7. The molecule has 1 amide bonds. The number of alkyl halides is 2. The second kappa shape index (κ2) is 6.15. The second-order valence-corrected chi connectivity index (χ2v) is 7.44. The molecule has 0 aliphatic rings. The van der Waals surface area contributed by atoms with Crippen LogP contribution in [0.3, 0.4) is 0 Å². The highest BCUT2D eigenvalue weighted by Crippen LogP contribution is 2.28. The van der Waals surface area contributed by atoms with E-state index in [1.807, 2.05) is 20.8 Å². The smallest absolute Gasteiger partial charge is 0.273 e. The normalized spacial score (nSPS) is 11.9. The van der Waals surface area contributed by atoms with Gasteiger partial charge >= 0.3 is 0 Å². The molecule has 4 nitrogen and oxygen atoms in total. The topological polar surface area (TPSA) is 54.9 Å². The molecule has 2 heterocycles. The molecular formula is C13H15F2N3OS2. The molecule has 21 heavy (non-hydrogen) atoms. The number of nitrogens with zero attached hydrogens (tertiary/aromatic N) is 2. The molecule has 1 N–H and O–H groups in total. The van der Waals surface area contributed by atoms with Crippen molar-refractivity contribution in [2.45, 2.75) is 39.2 Å². The van der Waals surface area contributed by atoms with Crippen LogP contribution in [0.4, 0.5) is 8.78 Å². The Labute approximate surface area is 129 Å². The third-order valence-electron chi connectivity index (χ3n) is 2.65. The van der Waals surface area contributed by atoms with Crippen molar-refractivity contribution in [1.29, 1.82) is 0 Å². The lowest BCUT2D eigenvalue weighted by molar-refractivity contribution is 0.0939. The third kappa shape index (κ3) is 3.82. The van der Waals surface area contributed by atoms with E-state index >= 15 is 0 Å². The summed E-state index contributed by atoms with van der Waals surface area (Å²) < 4.78 is 25.5. The maximum Gasteiger partial charge on any atom is 0.273 e. The monoisotopic (exact) mass is 331 g/mol. The lowest BCUT2D eigenvalue weighted by Gasteiger charge is -2.12. The van der Waals surface area contributed by atoms with Gasteiger partial charge in [0.25, 0.3) is 12.3 Å². The number of thiophene rings is 1. The van der Waals surface area contributed by atoms with Crippen molar-refractivity contribution in [3.8, 4) is 0 Å². The van der Waals surface area contributed by atoms with E-state index < -0.39 is 12.3 Å². The lowest BCUT2D eigenvalue weighted by Crippen LogP contribution is -2.23. The number of hydrogen-bond donors (Lipinski definition) is 1. The van der Waals surface area contributed by atoms with Crippen LogP contribution in [0.25, 0.3) is 0 Å². The summed E-state index contributed by atoms with van der Waals surface area (Å²) in [6, 6.07) is 1.40. The summed E-state index contributed by atoms with van der Waals surface area (Å²) in [5, 5.41) is 13.7. The van der Waals surface area contributed by atoms with Gasteiger partial charge in [-0.3, -0.25) is 4.79 Å². The van der Waals surface area contributed by atoms with Gasteiger partial charge in [0, 0.05) is 5.41 Å². The third-order valence-corrected chi connectivity index (χ3v) is 4.92. The van der Waals surface area contributed by atoms with E-state index in [1.165, 1.54) is 22.8 Å². The number of aromatic nitrogens is 2. The van der Waals surface area contributed by atoms with E-state index in [9.17, 15) is 13.6 Å². The predicted octanol–water partition coefficient (Wildman–Crippen LogP) is 3.76. The van der Waals surface area contributed by atoms with Gasteiger partial charge in [-0.25, -0.2) is 8.78 Å². The van der Waals surface area contributed by atoms with Crippen molar-refractivity contribution in [2.24, 2.45) is 0 Å². The molecule has 114 valence electrons. The van der Waals surface area contributed by atoms with Crippen LogP contribution in [0.1, 0.15) is 52.4 Å². The summed E-state index contributed by atoms with van der Waals surface area (Å²) in [6.07, 6.45) is -2.64. The first-order chi connectivity index (χ1) is 9.79. The van der Waals surface area contributed by atoms with E-state index in [0.29, 0.717) is 5.01 Å². The number of hydrogen-bond acceptors (Lipinski definition) is 5. The summed E-state index contributed by atoms with van der Waals surface area (Å²) in [7, 11) is 0. The van der Waals surface area contributed by atoms with Crippen molar-refractivity contribution < 1.29 is 13.6 Å². The summed E-state index contributed by atoms with van der Waals surface area (Å²) in [4.78, 5) is 11.7. The Morgan fingerprint density at radius 2 is 2.10 bits per heavy atom. The average molecular weight is 331 g/mol. The molecule has 0 radical (unpaired) electrons. The van der Waals surface area contributed by atoms with Crippen LogP contribution in [-0.4, -0.2) is 16.1 Å². The first-order valence-electron chi connectivity index (χ1n) is 6.25. The zero-order chi connectivity index (χ0) is 15.6. The molecule has 2 aromatic heterocycles. The largest absolute Gasteiger partial charge is 0.345 e. The SMILES string of the molecule is CC(C)(C)c1nnc(CNC(=O)c2ccsc2C(F)F)s1. The van der Waals surface area contributed by atoms with Gasteiger partial charge in [-0.15, -0.1) is 21.5 Å². The highest BCUT2D eigenvalue weighted by Gasteiger charge is 2.21. The fourth-order valence-corrected chi connectivity index (χ4v) is 3.14. The molecule has 0 unspecified atom stereocenters. The number of nitrogens with one attached hydrogen (secondary N) is 1. The fraction of sp³-hybridized carbons (Fsp3) is 0.462. The van der Waals surface area contributed by atoms with E-state index in [-0.39, 0.29) is 22.4 Å². The van der Waals surface area contributed by atoms with E-state index in [4.69, 9.17) is 0 Å². The number of amides is 1. The van der Waals surface area contributed by atoms with Gasteiger partial charge in [-0.1, -0.05) is 32.1 Å². The van der Waals surface area contributed by atoms with Crippen LogP contribution in [0, 0.1) is 0 Å². The Hall–Kier alpha value is -1.41. The molecule has 0 bridgehead atoms. The molecule has 2 aromatic rings. The minimum absolute atomic E-state index is 0.0237. The van der Waals surface area contributed by atoms with Crippen molar-refractivity contribution in [3.05, 3.63) is 31.9 Å². The molecule has 0 aliphatic heterocycles. The second-order valence-electron chi connectivity index (χ2n) is 5.43. The first-order valence-corrected chi connectivity index (χ1v) is 7.95. The minimum Gasteiger partial charge on any atom is -0.345 e. The Morgan fingerprint density at radius 3 is 2.67 bits per heavy atom. The molecule has 0 atom stereocenters. The van der Waals surface area contributed by atoms with Crippen molar-refractivity contribution in [1.82, 2.24) is 15.5 Å². The van der Waals surface area contributed by atoms with Crippen molar-refractivity contribution in [3.63, 3.8) is 0 Å². The summed E-state index contributed by atoms with van der Waals surface area (Å²) in [6.45, 7) is 6.26. The van der Waals surface area contributed by atoms with E-state index in [2.05, 4.69) is 15.5 Å². The average Bonchev–Trinajstić information content (AvgIpc) is 3.04. The number of halogens is 2. The molecule has 0 saturated carbocycles. The molecule has 0 aliphatic carbocycles. The van der Waals surface area contributed by atoms with Gasteiger partial charge in [0.05, 0.1) is 17.0 Å². The Morgan fingerprint density at radius 1 is 1.38 bits per heavy atom. The summed E-state index contributed by atoms with van der Waals surface area (Å²) in [5.41, 5.74) is -0.0774. The highest BCUT2D eigenvalue weighted by molar-refractivity contribution is 7.11. The molecular weight excluding hydrogens is 316 g/mol. The van der Waals surface area contributed by atoms with Gasteiger partial charge in [0.15, 0.2) is 0 Å². The summed E-state index contributed by atoms with van der Waals surface area (Å²) >= 11 is 2.29. The molecule has 0 aromatic carbocycles. The van der Waals surface area contributed by atoms with Crippen LogP contribution >= 0.6 is 22.7 Å². The number of carbonyl (C=O) groups excluding carboxylic acids is 1. The van der Waals surface area contributed by atoms with E-state index in [1.54, 1.807) is 0 Å². The van der Waals surface area contributed by atoms with Crippen LogP contribution in [0.2, 0.25) is 0 Å². The quantitative estimate of drug-likeness (QED) is 0.928. The van der Waals surface area contributed by atoms with Crippen LogP contribution < -0.4 is 5.32 Å². The number of carbonyl (C=O) groups is 1. The maximum atomic E-state index is 12.7. The molecule has 0 spiro atoms. The van der Waals surface area contributed by atoms with Gasteiger partial charge in [-0.05, 0) is 11.4 Å².